The van der Waals surface area contributed by atoms with E-state index in [0.717, 1.165) is 0 Å². The van der Waals surface area contributed by atoms with Gasteiger partial charge in [-0.15, -0.1) is 0 Å². The van der Waals surface area contributed by atoms with E-state index in [9.17, 15) is 19.8 Å². The molecule has 3 aromatic rings. The first-order chi connectivity index (χ1) is 14.4. The number of benzene rings is 3. The molecule has 4 rings (SSSR count). The number of nitrogens with one attached hydrogen (secondary N) is 1. The van der Waals surface area contributed by atoms with Crippen LogP contribution in [-0.4, -0.2) is 47.1 Å². The average molecular weight is 403 g/mol. The summed E-state index contributed by atoms with van der Waals surface area (Å²) in [7, 11) is 2.99. The average Bonchev–Trinajstić information content (AvgIpc) is 3.13. The first kappa shape index (κ1) is 19.1. The van der Waals surface area contributed by atoms with Crippen LogP contribution in [-0.2, 0) is 0 Å². The number of nitrogens with zero attached hydrogens (tertiary/aromatic N) is 4. The molecule has 0 saturated heterocycles. The van der Waals surface area contributed by atoms with Crippen molar-refractivity contribution in [2.45, 2.75) is 0 Å². The lowest BCUT2D eigenvalue weighted by Gasteiger charge is -2.18. The van der Waals surface area contributed by atoms with Gasteiger partial charge in [0, 0.05) is 24.9 Å². The van der Waals surface area contributed by atoms with Crippen LogP contribution in [0.4, 0.5) is 10.5 Å². The number of fused-ring (bicyclic) bond motifs is 2. The molecular formula is C21H17N5O4. The van der Waals surface area contributed by atoms with Gasteiger partial charge in [-0.3, -0.25) is 4.79 Å². The quantitative estimate of drug-likeness (QED) is 0.445. The Bertz CT molecular complexity index is 1320. The van der Waals surface area contributed by atoms with Gasteiger partial charge in [-0.25, -0.2) is 14.8 Å². The Morgan fingerprint density at radius 1 is 0.900 bits per heavy atom. The molecule has 150 valence electrons. The molecule has 0 aliphatic carbocycles. The molecule has 0 radical (unpaired) electrons. The van der Waals surface area contributed by atoms with E-state index in [1.54, 1.807) is 48.5 Å². The van der Waals surface area contributed by atoms with Crippen LogP contribution in [0.15, 0.2) is 63.5 Å². The summed E-state index contributed by atoms with van der Waals surface area (Å²) in [6, 6.07) is 12.6. The molecule has 0 bridgehead atoms. The lowest BCUT2D eigenvalue weighted by molar-refractivity contribution is 0.0825. The van der Waals surface area contributed by atoms with Gasteiger partial charge < -0.3 is 20.4 Å². The number of amides is 3. The first-order valence-electron chi connectivity index (χ1n) is 8.97. The zero-order chi connectivity index (χ0) is 21.4. The molecule has 1 aliphatic rings. The van der Waals surface area contributed by atoms with Crippen molar-refractivity contribution in [2.24, 2.45) is 15.0 Å². The van der Waals surface area contributed by atoms with Crippen molar-refractivity contribution in [1.82, 2.24) is 4.90 Å². The molecule has 0 atom stereocenters. The highest BCUT2D eigenvalue weighted by molar-refractivity contribution is 6.15. The van der Waals surface area contributed by atoms with Crippen LogP contribution >= 0.6 is 0 Å². The van der Waals surface area contributed by atoms with Gasteiger partial charge in [0.2, 0.25) is 0 Å². The van der Waals surface area contributed by atoms with E-state index in [-0.39, 0.29) is 39.5 Å². The Balaban J connectivity index is 1.80. The molecule has 1 aliphatic heterocycles. The summed E-state index contributed by atoms with van der Waals surface area (Å²) in [6.07, 6.45) is 0. The van der Waals surface area contributed by atoms with E-state index in [0.29, 0.717) is 10.7 Å². The van der Waals surface area contributed by atoms with Crippen LogP contribution in [0.3, 0.4) is 0 Å². The summed E-state index contributed by atoms with van der Waals surface area (Å²) in [5.41, 5.74) is -0.483. The van der Waals surface area contributed by atoms with Gasteiger partial charge in [-0.2, -0.15) is 4.99 Å². The van der Waals surface area contributed by atoms with Gasteiger partial charge in [0.05, 0.1) is 10.7 Å². The number of carbonyl (C=O) groups excluding carboxylic acids is 2. The van der Waals surface area contributed by atoms with Crippen molar-refractivity contribution >= 4 is 34.4 Å². The standard InChI is InChI=1S/C21H17N5O4/c1-26(2)19(29)15-16(18(28)12-8-4-3-7-11(12)17(15)27)24-21(30)25-20-22-13-9-5-6-10-14(13)23-20/h3-10,27-28H,1-2H3,(H,24,30). The van der Waals surface area contributed by atoms with E-state index in [2.05, 4.69) is 20.3 Å². The number of urea groups is 1. The van der Waals surface area contributed by atoms with Crippen molar-refractivity contribution in [3.05, 3.63) is 64.8 Å². The van der Waals surface area contributed by atoms with Crippen molar-refractivity contribution < 1.29 is 19.8 Å². The molecule has 9 heteroatoms. The van der Waals surface area contributed by atoms with Crippen molar-refractivity contribution in [1.29, 1.82) is 0 Å². The fraction of sp³-hybridized carbons (Fsp3) is 0.0952. The minimum Gasteiger partial charge on any atom is -0.506 e. The van der Waals surface area contributed by atoms with Gasteiger partial charge in [0.25, 0.3) is 11.9 Å². The largest absolute Gasteiger partial charge is 0.506 e. The molecule has 1 heterocycles. The highest BCUT2D eigenvalue weighted by Crippen LogP contribution is 2.43. The van der Waals surface area contributed by atoms with Crippen LogP contribution in [0.1, 0.15) is 10.4 Å². The van der Waals surface area contributed by atoms with E-state index < -0.39 is 11.9 Å². The Morgan fingerprint density at radius 2 is 1.43 bits per heavy atom. The number of aromatic hydroxyl groups is 2. The van der Waals surface area contributed by atoms with E-state index in [1.165, 1.54) is 19.0 Å². The van der Waals surface area contributed by atoms with Crippen molar-refractivity contribution in [3.63, 3.8) is 0 Å². The summed E-state index contributed by atoms with van der Waals surface area (Å²) in [5.74, 6) is -1.36. The highest BCUT2D eigenvalue weighted by atomic mass is 16.3. The van der Waals surface area contributed by atoms with Crippen molar-refractivity contribution in [2.75, 3.05) is 19.4 Å². The zero-order valence-electron chi connectivity index (χ0n) is 16.1. The minimum absolute atomic E-state index is 0.0568. The Kier molecular flexibility index (Phi) is 4.63. The summed E-state index contributed by atoms with van der Waals surface area (Å²) >= 11 is 0. The Hall–Kier alpha value is -4.27. The molecule has 0 saturated carbocycles. The van der Waals surface area contributed by atoms with Crippen molar-refractivity contribution in [3.8, 4) is 11.5 Å². The van der Waals surface area contributed by atoms with Gasteiger partial charge in [-0.05, 0) is 12.1 Å². The fourth-order valence-electron chi connectivity index (χ4n) is 3.13. The van der Waals surface area contributed by atoms with E-state index in [1.807, 2.05) is 0 Å². The van der Waals surface area contributed by atoms with Crippen LogP contribution in [0.5, 0.6) is 11.5 Å². The molecule has 3 N–H and O–H groups in total. The van der Waals surface area contributed by atoms with Crippen LogP contribution < -0.4 is 16.0 Å². The number of carbonyl (C=O) groups is 2. The molecule has 0 aromatic heterocycles. The monoisotopic (exact) mass is 403 g/mol. The Morgan fingerprint density at radius 3 is 2.00 bits per heavy atom. The molecule has 3 aromatic carbocycles. The van der Waals surface area contributed by atoms with Crippen LogP contribution in [0.25, 0.3) is 10.8 Å². The maximum Gasteiger partial charge on any atom is 0.348 e. The number of anilines is 1. The second-order valence-corrected chi connectivity index (χ2v) is 6.75. The van der Waals surface area contributed by atoms with Gasteiger partial charge in [0.1, 0.15) is 22.7 Å². The topological polar surface area (TPSA) is 127 Å². The van der Waals surface area contributed by atoms with E-state index >= 15 is 0 Å². The molecule has 30 heavy (non-hydrogen) atoms. The number of phenols is 2. The SMILES string of the molecule is CN(C)C(=O)c1c(NC(=O)N=C2N=c3ccccc3=N2)c(O)c2ccccc2c1O. The fourth-order valence-corrected chi connectivity index (χ4v) is 3.13. The molecular weight excluding hydrogens is 386 g/mol. The highest BCUT2D eigenvalue weighted by Gasteiger charge is 2.26. The number of hydrogen-bond donors (Lipinski definition) is 3. The third-order valence-corrected chi connectivity index (χ3v) is 4.54. The number of rotatable bonds is 2. The third kappa shape index (κ3) is 3.22. The van der Waals surface area contributed by atoms with Crippen LogP contribution in [0, 0.1) is 0 Å². The summed E-state index contributed by atoms with van der Waals surface area (Å²) < 4.78 is 0. The number of guanidine groups is 1. The van der Waals surface area contributed by atoms with Gasteiger partial charge >= 0.3 is 6.03 Å². The van der Waals surface area contributed by atoms with Crippen LogP contribution in [0.2, 0.25) is 0 Å². The molecule has 0 fully saturated rings. The molecule has 3 amide bonds. The number of aliphatic imine (C=N–C) groups is 1. The lowest BCUT2D eigenvalue weighted by Crippen LogP contribution is -2.24. The van der Waals surface area contributed by atoms with E-state index in [4.69, 9.17) is 0 Å². The smallest absolute Gasteiger partial charge is 0.348 e. The summed E-state index contributed by atoms with van der Waals surface area (Å²) in [4.78, 5) is 38.5. The van der Waals surface area contributed by atoms with Gasteiger partial charge in [-0.1, -0.05) is 36.4 Å². The maximum absolute atomic E-state index is 12.7. The Labute approximate surface area is 170 Å². The molecule has 9 nitrogen and oxygen atoms in total. The second kappa shape index (κ2) is 7.28. The zero-order valence-corrected chi connectivity index (χ0v) is 16.1. The predicted molar refractivity (Wildman–Crippen MR) is 111 cm³/mol. The number of phenolic OH excluding ortho intramolecular Hbond substituents is 2. The number of hydrogen-bond acceptors (Lipinski definition) is 4. The minimum atomic E-state index is -0.900. The maximum atomic E-state index is 12.7. The molecule has 0 spiro atoms. The first-order valence-corrected chi connectivity index (χ1v) is 8.97. The normalized spacial score (nSPS) is 12.0. The second-order valence-electron chi connectivity index (χ2n) is 6.75. The summed E-state index contributed by atoms with van der Waals surface area (Å²) in [6.45, 7) is 0. The third-order valence-electron chi connectivity index (χ3n) is 4.54. The number of para-hydroxylation sites is 2. The predicted octanol–water partition coefficient (Wildman–Crippen LogP) is 1.79. The van der Waals surface area contributed by atoms with Gasteiger partial charge in [0.15, 0.2) is 0 Å². The molecule has 0 unspecified atom stereocenters. The summed E-state index contributed by atoms with van der Waals surface area (Å²) in [5, 5.41) is 25.6. The lowest BCUT2D eigenvalue weighted by atomic mass is 10.0.